The van der Waals surface area contributed by atoms with Crippen LogP contribution in [0.15, 0.2) is 30.6 Å². The van der Waals surface area contributed by atoms with E-state index in [2.05, 4.69) is 23.7 Å². The molecule has 1 atom stereocenters. The molecule has 3 heterocycles. The van der Waals surface area contributed by atoms with Gasteiger partial charge < -0.3 is 5.73 Å². The third kappa shape index (κ3) is 3.27. The van der Waals surface area contributed by atoms with Gasteiger partial charge in [-0.2, -0.15) is 0 Å². The van der Waals surface area contributed by atoms with Crippen molar-refractivity contribution >= 4 is 5.91 Å². The van der Waals surface area contributed by atoms with Crippen LogP contribution in [0.25, 0.3) is 5.82 Å². The zero-order valence-corrected chi connectivity index (χ0v) is 13.6. The van der Waals surface area contributed by atoms with E-state index in [1.165, 1.54) is 0 Å². The fraction of sp³-hybridized carbons (Fsp3) is 0.471. The van der Waals surface area contributed by atoms with Crippen LogP contribution in [0.4, 0.5) is 0 Å². The molecule has 6 heteroatoms. The number of amides is 1. The number of imidazole rings is 1. The second kappa shape index (κ2) is 6.50. The molecule has 2 aromatic heterocycles. The van der Waals surface area contributed by atoms with Crippen LogP contribution in [-0.2, 0) is 4.79 Å². The number of nitrogens with zero attached hydrogens (tertiary/aromatic N) is 4. The summed E-state index contributed by atoms with van der Waals surface area (Å²) in [6, 6.07) is 6.19. The van der Waals surface area contributed by atoms with Gasteiger partial charge in [0.2, 0.25) is 5.91 Å². The van der Waals surface area contributed by atoms with Gasteiger partial charge in [-0.1, -0.05) is 19.9 Å². The number of likely N-dealkylation sites (tertiary alicyclic amines) is 1. The molecule has 6 nitrogen and oxygen atoms in total. The highest BCUT2D eigenvalue weighted by Gasteiger charge is 2.28. The third-order valence-electron chi connectivity index (χ3n) is 4.25. The van der Waals surface area contributed by atoms with Crippen LogP contribution in [-0.4, -0.2) is 38.4 Å². The van der Waals surface area contributed by atoms with Crippen LogP contribution in [0.3, 0.4) is 0 Å². The van der Waals surface area contributed by atoms with E-state index in [-0.39, 0.29) is 11.9 Å². The van der Waals surface area contributed by atoms with E-state index >= 15 is 0 Å². The number of aromatic nitrogens is 3. The lowest BCUT2D eigenvalue weighted by Crippen LogP contribution is -2.33. The molecule has 122 valence electrons. The molecule has 0 aromatic carbocycles. The lowest BCUT2D eigenvalue weighted by atomic mass is 10.1. The molecule has 2 aromatic rings. The van der Waals surface area contributed by atoms with E-state index in [4.69, 9.17) is 10.7 Å². The summed E-state index contributed by atoms with van der Waals surface area (Å²) in [5.41, 5.74) is 6.35. The number of rotatable bonds is 5. The van der Waals surface area contributed by atoms with Crippen LogP contribution >= 0.6 is 0 Å². The van der Waals surface area contributed by atoms with Crippen molar-refractivity contribution in [2.75, 3.05) is 13.1 Å². The molecule has 0 saturated carbocycles. The van der Waals surface area contributed by atoms with Gasteiger partial charge in [0.05, 0.1) is 18.3 Å². The van der Waals surface area contributed by atoms with Crippen LogP contribution in [0.1, 0.15) is 50.2 Å². The summed E-state index contributed by atoms with van der Waals surface area (Å²) >= 11 is 0. The molecule has 1 saturated heterocycles. The smallest absolute Gasteiger partial charge is 0.231 e. The number of carbonyl (C=O) groups is 1. The van der Waals surface area contributed by atoms with Gasteiger partial charge in [0, 0.05) is 18.3 Å². The predicted molar refractivity (Wildman–Crippen MR) is 88.2 cm³/mol. The van der Waals surface area contributed by atoms with Gasteiger partial charge >= 0.3 is 0 Å². The van der Waals surface area contributed by atoms with Gasteiger partial charge in [0.25, 0.3) is 0 Å². The highest BCUT2D eigenvalue weighted by molar-refractivity contribution is 5.76. The normalized spacial score (nSPS) is 18.7. The minimum absolute atomic E-state index is 0.161. The number of pyridine rings is 1. The molecule has 0 spiro atoms. The average molecular weight is 313 g/mol. The molecule has 1 fully saturated rings. The molecule has 1 aliphatic rings. The Morgan fingerprint density at radius 1 is 1.43 bits per heavy atom. The molecule has 1 unspecified atom stereocenters. The van der Waals surface area contributed by atoms with Gasteiger partial charge in [0.1, 0.15) is 11.6 Å². The first kappa shape index (κ1) is 15.7. The Hall–Kier alpha value is -2.21. The van der Waals surface area contributed by atoms with E-state index < -0.39 is 0 Å². The average Bonchev–Trinajstić information content (AvgIpc) is 3.15. The maximum absolute atomic E-state index is 11.3. The van der Waals surface area contributed by atoms with Crippen molar-refractivity contribution < 1.29 is 4.79 Å². The first-order valence-electron chi connectivity index (χ1n) is 8.09. The van der Waals surface area contributed by atoms with E-state index in [1.807, 2.05) is 29.0 Å². The summed E-state index contributed by atoms with van der Waals surface area (Å²) in [4.78, 5) is 22.6. The van der Waals surface area contributed by atoms with Gasteiger partial charge in [0.15, 0.2) is 0 Å². The Kier molecular flexibility index (Phi) is 4.43. The monoisotopic (exact) mass is 313 g/mol. The van der Waals surface area contributed by atoms with Gasteiger partial charge in [-0.3, -0.25) is 14.3 Å². The summed E-state index contributed by atoms with van der Waals surface area (Å²) in [5, 5.41) is 0. The third-order valence-corrected chi connectivity index (χ3v) is 4.25. The fourth-order valence-corrected chi connectivity index (χ4v) is 3.25. The fourth-order valence-electron chi connectivity index (χ4n) is 3.25. The number of hydrogen-bond acceptors (Lipinski definition) is 4. The van der Waals surface area contributed by atoms with Crippen LogP contribution < -0.4 is 5.73 Å². The largest absolute Gasteiger partial charge is 0.369 e. The maximum atomic E-state index is 11.3. The number of hydrogen-bond donors (Lipinski definition) is 1. The van der Waals surface area contributed by atoms with E-state index in [0.29, 0.717) is 12.5 Å². The van der Waals surface area contributed by atoms with Gasteiger partial charge in [-0.15, -0.1) is 0 Å². The lowest BCUT2D eigenvalue weighted by Gasteiger charge is -2.23. The Morgan fingerprint density at radius 3 is 3.00 bits per heavy atom. The zero-order chi connectivity index (χ0) is 16.4. The predicted octanol–water partition coefficient (Wildman–Crippen LogP) is 2.01. The summed E-state index contributed by atoms with van der Waals surface area (Å²) < 4.78 is 2.03. The van der Waals surface area contributed by atoms with Crippen molar-refractivity contribution in [1.82, 2.24) is 19.4 Å². The van der Waals surface area contributed by atoms with Crippen molar-refractivity contribution in [3.8, 4) is 5.82 Å². The quantitative estimate of drug-likeness (QED) is 0.916. The SMILES string of the molecule is CC(C)c1nccn1-c1cccc(C2CCCN2CC(N)=O)n1. The molecule has 1 aliphatic heterocycles. The number of primary amides is 1. The molecule has 0 radical (unpaired) electrons. The summed E-state index contributed by atoms with van der Waals surface area (Å²) in [6.45, 7) is 5.42. The minimum atomic E-state index is -0.287. The van der Waals surface area contributed by atoms with E-state index in [1.54, 1.807) is 6.20 Å². The molecule has 0 bridgehead atoms. The Bertz CT molecular complexity index is 694. The summed E-state index contributed by atoms with van der Waals surface area (Å²) in [5.74, 6) is 1.91. The molecule has 0 aliphatic carbocycles. The molecule has 2 N–H and O–H groups in total. The lowest BCUT2D eigenvalue weighted by molar-refractivity contribution is -0.119. The number of nitrogens with two attached hydrogens (primary N) is 1. The minimum Gasteiger partial charge on any atom is -0.369 e. The first-order valence-corrected chi connectivity index (χ1v) is 8.09. The Morgan fingerprint density at radius 2 is 2.26 bits per heavy atom. The van der Waals surface area contributed by atoms with Crippen molar-refractivity contribution in [3.63, 3.8) is 0 Å². The molecular weight excluding hydrogens is 290 g/mol. The van der Waals surface area contributed by atoms with Crippen molar-refractivity contribution in [2.45, 2.75) is 38.6 Å². The molecular formula is C17H23N5O. The second-order valence-electron chi connectivity index (χ2n) is 6.33. The summed E-state index contributed by atoms with van der Waals surface area (Å²) in [7, 11) is 0. The first-order chi connectivity index (χ1) is 11.1. The Balaban J connectivity index is 1.91. The van der Waals surface area contributed by atoms with Crippen LogP contribution in [0.5, 0.6) is 0 Å². The summed E-state index contributed by atoms with van der Waals surface area (Å²) in [6.07, 6.45) is 5.81. The van der Waals surface area contributed by atoms with Crippen LogP contribution in [0.2, 0.25) is 0 Å². The Labute approximate surface area is 136 Å². The molecule has 3 rings (SSSR count). The highest BCUT2D eigenvalue weighted by Crippen LogP contribution is 2.31. The standard InChI is InChI=1S/C17H23N5O/c1-12(2)17-19-8-10-22(17)16-7-3-5-13(20-16)14-6-4-9-21(14)11-15(18)23/h3,5,7-8,10,12,14H,4,6,9,11H2,1-2H3,(H2,18,23). The maximum Gasteiger partial charge on any atom is 0.231 e. The molecule has 23 heavy (non-hydrogen) atoms. The van der Waals surface area contributed by atoms with Crippen molar-refractivity contribution in [3.05, 3.63) is 42.1 Å². The number of carbonyl (C=O) groups excluding carboxylic acids is 1. The second-order valence-corrected chi connectivity index (χ2v) is 6.33. The van der Waals surface area contributed by atoms with E-state index in [9.17, 15) is 4.79 Å². The topological polar surface area (TPSA) is 77.0 Å². The highest BCUT2D eigenvalue weighted by atomic mass is 16.1. The molecule has 1 amide bonds. The van der Waals surface area contributed by atoms with Gasteiger partial charge in [-0.05, 0) is 31.5 Å². The van der Waals surface area contributed by atoms with Gasteiger partial charge in [-0.25, -0.2) is 9.97 Å². The van der Waals surface area contributed by atoms with Crippen molar-refractivity contribution in [1.29, 1.82) is 0 Å². The van der Waals surface area contributed by atoms with Crippen LogP contribution in [0, 0.1) is 0 Å². The zero-order valence-electron chi connectivity index (χ0n) is 13.6. The van der Waals surface area contributed by atoms with E-state index in [0.717, 1.165) is 36.7 Å². The van der Waals surface area contributed by atoms with Crippen molar-refractivity contribution in [2.24, 2.45) is 5.73 Å².